The number of phenols is 1. The monoisotopic (exact) mass is 393 g/mol. The number of aryl methyl sites for hydroxylation is 1. The van der Waals surface area contributed by atoms with Crippen LogP contribution in [-0.4, -0.2) is 21.6 Å². The van der Waals surface area contributed by atoms with Gasteiger partial charge in [-0.15, -0.1) is 0 Å². The molecule has 0 saturated heterocycles. The predicted octanol–water partition coefficient (Wildman–Crippen LogP) is 5.47. The highest BCUT2D eigenvalue weighted by molar-refractivity contribution is 5.79. The molecule has 2 heterocycles. The Labute approximate surface area is 176 Å². The minimum absolute atomic E-state index is 0.321. The lowest BCUT2D eigenvalue weighted by atomic mass is 10.0. The third-order valence-electron chi connectivity index (χ3n) is 5.54. The van der Waals surface area contributed by atoms with Crippen molar-refractivity contribution in [2.75, 3.05) is 11.4 Å². The van der Waals surface area contributed by atoms with Crippen molar-refractivity contribution in [2.45, 2.75) is 19.4 Å². The predicted molar refractivity (Wildman–Crippen MR) is 120 cm³/mol. The summed E-state index contributed by atoms with van der Waals surface area (Å²) in [6, 6.07) is 28.0. The molecule has 0 unspecified atom stereocenters. The molecular weight excluding hydrogens is 370 g/mol. The first kappa shape index (κ1) is 18.4. The second kappa shape index (κ2) is 7.99. The van der Waals surface area contributed by atoms with Gasteiger partial charge in [0.2, 0.25) is 0 Å². The van der Waals surface area contributed by atoms with E-state index < -0.39 is 0 Å². The third kappa shape index (κ3) is 3.52. The Balaban J connectivity index is 1.64. The van der Waals surface area contributed by atoms with E-state index in [-0.39, 0.29) is 0 Å². The number of hydrogen-bond donors (Lipinski definition) is 1. The number of nitrogens with zero attached hydrogens (tertiary/aromatic N) is 3. The van der Waals surface area contributed by atoms with E-state index in [0.717, 1.165) is 59.0 Å². The Hall–Kier alpha value is -3.66. The summed E-state index contributed by atoms with van der Waals surface area (Å²) in [5, 5.41) is 10.3. The zero-order chi connectivity index (χ0) is 20.3. The Morgan fingerprint density at radius 1 is 0.733 bits per heavy atom. The van der Waals surface area contributed by atoms with Crippen LogP contribution in [0.1, 0.15) is 17.7 Å². The van der Waals surface area contributed by atoms with E-state index in [0.29, 0.717) is 12.3 Å². The molecule has 0 spiro atoms. The number of benzene rings is 3. The highest BCUT2D eigenvalue weighted by Gasteiger charge is 2.24. The molecule has 3 aromatic carbocycles. The van der Waals surface area contributed by atoms with E-state index >= 15 is 0 Å². The highest BCUT2D eigenvalue weighted by Crippen LogP contribution is 2.35. The Morgan fingerprint density at radius 2 is 1.33 bits per heavy atom. The fourth-order valence-corrected chi connectivity index (χ4v) is 4.02. The van der Waals surface area contributed by atoms with Crippen molar-refractivity contribution < 1.29 is 5.11 Å². The van der Waals surface area contributed by atoms with Crippen LogP contribution in [0.3, 0.4) is 0 Å². The van der Waals surface area contributed by atoms with Crippen LogP contribution in [0, 0.1) is 0 Å². The quantitative estimate of drug-likeness (QED) is 0.500. The summed E-state index contributed by atoms with van der Waals surface area (Å²) >= 11 is 0. The molecule has 0 saturated carbocycles. The van der Waals surface area contributed by atoms with Crippen molar-refractivity contribution in [1.82, 2.24) is 9.97 Å². The SMILES string of the molecule is Oc1ccccc1CN1CCCc2nc(-c3ccccc3)c(-c3ccccc3)nc21. The molecule has 0 bridgehead atoms. The van der Waals surface area contributed by atoms with Crippen molar-refractivity contribution in [3.8, 4) is 28.3 Å². The standard InChI is InChI=1S/C26H23N3O/c30-23-16-8-7-14-21(23)18-29-17-9-15-22-26(29)28-25(20-12-5-2-6-13-20)24(27-22)19-10-3-1-4-11-19/h1-8,10-14,16,30H,9,15,17-18H2. The topological polar surface area (TPSA) is 49.2 Å². The van der Waals surface area contributed by atoms with Crippen molar-refractivity contribution in [1.29, 1.82) is 0 Å². The van der Waals surface area contributed by atoms with Crippen LogP contribution >= 0.6 is 0 Å². The van der Waals surface area contributed by atoms with Gasteiger partial charge in [0, 0.05) is 29.8 Å². The summed E-state index contributed by atoms with van der Waals surface area (Å²) in [5.74, 6) is 1.24. The first-order valence-corrected chi connectivity index (χ1v) is 10.3. The van der Waals surface area contributed by atoms with Crippen molar-refractivity contribution >= 4 is 5.82 Å². The summed E-state index contributed by atoms with van der Waals surface area (Å²) in [7, 11) is 0. The molecule has 1 aliphatic heterocycles. The molecule has 30 heavy (non-hydrogen) atoms. The fraction of sp³-hybridized carbons (Fsp3) is 0.154. The number of fused-ring (bicyclic) bond motifs is 1. The van der Waals surface area contributed by atoms with Crippen LogP contribution < -0.4 is 4.90 Å². The third-order valence-corrected chi connectivity index (χ3v) is 5.54. The largest absolute Gasteiger partial charge is 0.508 e. The van der Waals surface area contributed by atoms with Crippen LogP contribution in [-0.2, 0) is 13.0 Å². The number of anilines is 1. The smallest absolute Gasteiger partial charge is 0.151 e. The molecule has 1 aliphatic rings. The zero-order valence-electron chi connectivity index (χ0n) is 16.7. The number of hydrogen-bond acceptors (Lipinski definition) is 4. The van der Waals surface area contributed by atoms with E-state index in [4.69, 9.17) is 9.97 Å². The fourth-order valence-electron chi connectivity index (χ4n) is 4.02. The lowest BCUT2D eigenvalue weighted by Crippen LogP contribution is -2.30. The summed E-state index contributed by atoms with van der Waals surface area (Å²) in [6.07, 6.45) is 1.93. The number of aromatic nitrogens is 2. The molecule has 0 amide bonds. The molecule has 4 heteroatoms. The summed E-state index contributed by atoms with van der Waals surface area (Å²) < 4.78 is 0. The van der Waals surface area contributed by atoms with Gasteiger partial charge in [0.05, 0.1) is 17.1 Å². The first-order chi connectivity index (χ1) is 14.8. The van der Waals surface area contributed by atoms with E-state index in [1.54, 1.807) is 6.07 Å². The van der Waals surface area contributed by atoms with Crippen LogP contribution in [0.15, 0.2) is 84.9 Å². The minimum atomic E-state index is 0.321. The van der Waals surface area contributed by atoms with E-state index in [1.165, 1.54) is 0 Å². The second-order valence-corrected chi connectivity index (χ2v) is 7.58. The molecule has 5 rings (SSSR count). The molecular formula is C26H23N3O. The van der Waals surface area contributed by atoms with Crippen LogP contribution in [0.4, 0.5) is 5.82 Å². The number of phenolic OH excluding ortho intramolecular Hbond substituents is 1. The maximum Gasteiger partial charge on any atom is 0.151 e. The lowest BCUT2D eigenvalue weighted by Gasteiger charge is -2.30. The molecule has 4 aromatic rings. The van der Waals surface area contributed by atoms with Gasteiger partial charge in [-0.2, -0.15) is 0 Å². The molecule has 1 aromatic heterocycles. The van der Waals surface area contributed by atoms with Crippen molar-refractivity contribution in [3.05, 3.63) is 96.2 Å². The number of rotatable bonds is 4. The van der Waals surface area contributed by atoms with Gasteiger partial charge in [0.1, 0.15) is 5.75 Å². The van der Waals surface area contributed by atoms with Crippen LogP contribution in [0.5, 0.6) is 5.75 Å². The number of aromatic hydroxyl groups is 1. The van der Waals surface area contributed by atoms with E-state index in [9.17, 15) is 5.11 Å². The molecule has 148 valence electrons. The summed E-state index contributed by atoms with van der Waals surface area (Å²) in [6.45, 7) is 1.52. The first-order valence-electron chi connectivity index (χ1n) is 10.3. The zero-order valence-corrected chi connectivity index (χ0v) is 16.7. The van der Waals surface area contributed by atoms with Gasteiger partial charge in [-0.25, -0.2) is 9.97 Å². The van der Waals surface area contributed by atoms with E-state index in [2.05, 4.69) is 29.2 Å². The van der Waals surface area contributed by atoms with Gasteiger partial charge in [0.15, 0.2) is 5.82 Å². The molecule has 0 atom stereocenters. The molecule has 4 nitrogen and oxygen atoms in total. The maximum absolute atomic E-state index is 10.3. The van der Waals surface area contributed by atoms with Crippen molar-refractivity contribution in [2.24, 2.45) is 0 Å². The lowest BCUT2D eigenvalue weighted by molar-refractivity contribution is 0.466. The average Bonchev–Trinajstić information content (AvgIpc) is 2.81. The van der Waals surface area contributed by atoms with Gasteiger partial charge in [-0.3, -0.25) is 0 Å². The molecule has 1 N–H and O–H groups in total. The van der Waals surface area contributed by atoms with Crippen LogP contribution in [0.2, 0.25) is 0 Å². The summed E-state index contributed by atoms with van der Waals surface area (Å²) in [5.41, 5.74) is 5.87. The Bertz CT molecular complexity index is 1160. The van der Waals surface area contributed by atoms with Crippen molar-refractivity contribution in [3.63, 3.8) is 0 Å². The second-order valence-electron chi connectivity index (χ2n) is 7.58. The maximum atomic E-state index is 10.3. The highest BCUT2D eigenvalue weighted by atomic mass is 16.3. The van der Waals surface area contributed by atoms with Gasteiger partial charge in [-0.05, 0) is 18.9 Å². The van der Waals surface area contributed by atoms with Gasteiger partial charge in [0.25, 0.3) is 0 Å². The molecule has 0 fully saturated rings. The number of para-hydroxylation sites is 1. The average molecular weight is 393 g/mol. The Morgan fingerprint density at radius 3 is 2.00 bits per heavy atom. The van der Waals surface area contributed by atoms with Gasteiger partial charge in [-0.1, -0.05) is 78.9 Å². The van der Waals surface area contributed by atoms with Gasteiger partial charge < -0.3 is 10.0 Å². The normalized spacial score (nSPS) is 13.1. The minimum Gasteiger partial charge on any atom is -0.508 e. The van der Waals surface area contributed by atoms with E-state index in [1.807, 2.05) is 54.6 Å². The van der Waals surface area contributed by atoms with Crippen LogP contribution in [0.25, 0.3) is 22.5 Å². The molecule has 0 radical (unpaired) electrons. The Kier molecular flexibility index (Phi) is 4.89. The summed E-state index contributed by atoms with van der Waals surface area (Å²) in [4.78, 5) is 12.5. The van der Waals surface area contributed by atoms with Gasteiger partial charge >= 0.3 is 0 Å². The molecule has 0 aliphatic carbocycles.